The average molecular weight is 446 g/mol. The number of halogens is 3. The van der Waals surface area contributed by atoms with E-state index in [1.54, 1.807) is 17.0 Å². The smallest absolute Gasteiger partial charge is 0.352 e. The number of nitrogens with zero attached hydrogens (tertiary/aromatic N) is 5. The maximum Gasteiger partial charge on any atom is 0.434 e. The Bertz CT molecular complexity index is 1150. The van der Waals surface area contributed by atoms with E-state index in [2.05, 4.69) is 20.2 Å². The topological polar surface area (TPSA) is 95.1 Å². The first-order chi connectivity index (χ1) is 15.3. The molecule has 2 aromatic heterocycles. The molecule has 3 aromatic rings. The van der Waals surface area contributed by atoms with E-state index in [0.29, 0.717) is 56.6 Å². The minimum atomic E-state index is -4.52. The Morgan fingerprint density at radius 1 is 1.03 bits per heavy atom. The van der Waals surface area contributed by atoms with Gasteiger partial charge < -0.3 is 9.80 Å². The Hall–Kier alpha value is -3.50. The van der Waals surface area contributed by atoms with Crippen LogP contribution >= 0.6 is 0 Å². The van der Waals surface area contributed by atoms with Crippen molar-refractivity contribution in [3.8, 4) is 0 Å². The normalized spacial score (nSPS) is 14.7. The summed E-state index contributed by atoms with van der Waals surface area (Å²) in [6.45, 7) is 1.86. The molecule has 1 aromatic carbocycles. The molecule has 1 saturated heterocycles. The van der Waals surface area contributed by atoms with Gasteiger partial charge in [-0.2, -0.15) is 18.3 Å². The van der Waals surface area contributed by atoms with Gasteiger partial charge in [-0.15, -0.1) is 0 Å². The molecule has 0 bridgehead atoms. The number of aromatic nitrogens is 4. The number of carbonyl (C=O) groups is 1. The van der Waals surface area contributed by atoms with E-state index in [4.69, 9.17) is 0 Å². The first-order valence-corrected chi connectivity index (χ1v) is 10.2. The molecule has 0 unspecified atom stereocenters. The fourth-order valence-corrected chi connectivity index (χ4v) is 3.74. The van der Waals surface area contributed by atoms with Gasteiger partial charge in [-0.1, -0.05) is 18.2 Å². The lowest BCUT2D eigenvalue weighted by Gasteiger charge is -2.35. The summed E-state index contributed by atoms with van der Waals surface area (Å²) >= 11 is 0. The lowest BCUT2D eigenvalue weighted by Crippen LogP contribution is -2.49. The van der Waals surface area contributed by atoms with Crippen LogP contribution < -0.4 is 10.5 Å². The van der Waals surface area contributed by atoms with E-state index >= 15 is 0 Å². The van der Waals surface area contributed by atoms with Crippen molar-refractivity contribution in [2.24, 2.45) is 0 Å². The van der Waals surface area contributed by atoms with Gasteiger partial charge in [0.2, 0.25) is 5.91 Å². The number of hydrogen-bond acceptors (Lipinski definition) is 6. The van der Waals surface area contributed by atoms with Crippen LogP contribution in [0.25, 0.3) is 10.8 Å². The van der Waals surface area contributed by atoms with E-state index in [9.17, 15) is 22.8 Å². The van der Waals surface area contributed by atoms with Gasteiger partial charge in [0.15, 0.2) is 5.69 Å². The third-order valence-corrected chi connectivity index (χ3v) is 5.46. The van der Waals surface area contributed by atoms with Crippen LogP contribution in [0.1, 0.15) is 24.2 Å². The second-order valence-corrected chi connectivity index (χ2v) is 7.52. The zero-order valence-electron chi connectivity index (χ0n) is 17.1. The van der Waals surface area contributed by atoms with Crippen LogP contribution in [0.3, 0.4) is 0 Å². The number of hydrogen-bond donors (Lipinski definition) is 1. The molecule has 0 saturated carbocycles. The summed E-state index contributed by atoms with van der Waals surface area (Å²) in [6, 6.07) is 7.22. The van der Waals surface area contributed by atoms with Crippen molar-refractivity contribution in [2.75, 3.05) is 31.1 Å². The number of piperazine rings is 1. The summed E-state index contributed by atoms with van der Waals surface area (Å²) in [4.78, 5) is 35.3. The fraction of sp³-hybridized carbons (Fsp3) is 0.381. The predicted molar refractivity (Wildman–Crippen MR) is 111 cm³/mol. The van der Waals surface area contributed by atoms with Crippen LogP contribution in [0.4, 0.5) is 19.0 Å². The molecular weight excluding hydrogens is 425 g/mol. The molecule has 0 radical (unpaired) electrons. The molecule has 168 valence electrons. The van der Waals surface area contributed by atoms with Gasteiger partial charge in [-0.3, -0.25) is 9.59 Å². The van der Waals surface area contributed by atoms with Gasteiger partial charge in [0.1, 0.15) is 5.82 Å². The van der Waals surface area contributed by atoms with E-state index in [-0.39, 0.29) is 11.5 Å². The van der Waals surface area contributed by atoms with Crippen molar-refractivity contribution < 1.29 is 18.0 Å². The third kappa shape index (κ3) is 4.71. The molecule has 0 aliphatic carbocycles. The molecule has 1 fully saturated rings. The van der Waals surface area contributed by atoms with E-state index in [1.165, 1.54) is 0 Å². The number of alkyl halides is 3. The van der Waals surface area contributed by atoms with Crippen molar-refractivity contribution >= 4 is 22.5 Å². The number of fused-ring (bicyclic) bond motifs is 1. The Morgan fingerprint density at radius 2 is 1.75 bits per heavy atom. The number of nitrogens with one attached hydrogen (secondary N) is 1. The van der Waals surface area contributed by atoms with E-state index < -0.39 is 11.9 Å². The third-order valence-electron chi connectivity index (χ3n) is 5.46. The second-order valence-electron chi connectivity index (χ2n) is 7.52. The highest BCUT2D eigenvalue weighted by atomic mass is 19.4. The number of aryl methyl sites for hydroxylation is 1. The van der Waals surface area contributed by atoms with Crippen molar-refractivity contribution in [3.05, 3.63) is 58.4 Å². The predicted octanol–water partition coefficient (Wildman–Crippen LogP) is 2.40. The van der Waals surface area contributed by atoms with Crippen molar-refractivity contribution in [2.45, 2.75) is 25.4 Å². The monoisotopic (exact) mass is 446 g/mol. The average Bonchev–Trinajstić information content (AvgIpc) is 2.80. The molecule has 3 heterocycles. The van der Waals surface area contributed by atoms with Crippen LogP contribution in [-0.2, 0) is 17.4 Å². The second kappa shape index (κ2) is 8.93. The maximum atomic E-state index is 12.6. The summed E-state index contributed by atoms with van der Waals surface area (Å²) in [5.74, 6) is 0.373. The Balaban J connectivity index is 1.28. The summed E-state index contributed by atoms with van der Waals surface area (Å²) in [5.41, 5.74) is -0.519. The molecule has 8 nitrogen and oxygen atoms in total. The van der Waals surface area contributed by atoms with Crippen LogP contribution in [-0.4, -0.2) is 57.2 Å². The largest absolute Gasteiger partial charge is 0.434 e. The summed E-state index contributed by atoms with van der Waals surface area (Å²) in [5, 5.41) is 7.99. The molecule has 0 spiro atoms. The highest BCUT2D eigenvalue weighted by Crippen LogP contribution is 2.27. The molecule has 11 heteroatoms. The van der Waals surface area contributed by atoms with E-state index in [1.807, 2.05) is 17.0 Å². The summed E-state index contributed by atoms with van der Waals surface area (Å²) in [6.07, 6.45) is -1.19. The van der Waals surface area contributed by atoms with Crippen molar-refractivity contribution in [1.82, 2.24) is 25.1 Å². The van der Waals surface area contributed by atoms with Crippen LogP contribution in [0.5, 0.6) is 0 Å². The summed E-state index contributed by atoms with van der Waals surface area (Å²) in [7, 11) is 0. The number of amides is 1. The van der Waals surface area contributed by atoms with E-state index in [0.717, 1.165) is 23.5 Å². The quantitative estimate of drug-likeness (QED) is 0.647. The van der Waals surface area contributed by atoms with Crippen LogP contribution in [0, 0.1) is 0 Å². The van der Waals surface area contributed by atoms with Crippen molar-refractivity contribution in [1.29, 1.82) is 0 Å². The number of carbonyl (C=O) groups excluding carboxylic acids is 1. The molecule has 0 atom stereocenters. The van der Waals surface area contributed by atoms with Gasteiger partial charge >= 0.3 is 6.18 Å². The van der Waals surface area contributed by atoms with Crippen LogP contribution in [0.15, 0.2) is 41.5 Å². The highest BCUT2D eigenvalue weighted by molar-refractivity contribution is 5.83. The molecule has 4 rings (SSSR count). The first-order valence-electron chi connectivity index (χ1n) is 10.2. The number of aromatic amines is 1. The fourth-order valence-electron chi connectivity index (χ4n) is 3.74. The Kier molecular flexibility index (Phi) is 6.06. The van der Waals surface area contributed by atoms with Crippen LogP contribution in [0.2, 0.25) is 0 Å². The molecule has 1 aliphatic rings. The molecule has 1 amide bonds. The molecule has 32 heavy (non-hydrogen) atoms. The minimum Gasteiger partial charge on any atom is -0.352 e. The van der Waals surface area contributed by atoms with Gasteiger partial charge in [0.05, 0.1) is 23.5 Å². The lowest BCUT2D eigenvalue weighted by atomic mass is 10.1. The first kappa shape index (κ1) is 21.7. The molecular formula is C21H21F3N6O2. The molecule has 1 aliphatic heterocycles. The Labute approximate surface area is 181 Å². The van der Waals surface area contributed by atoms with Crippen molar-refractivity contribution in [3.63, 3.8) is 0 Å². The highest BCUT2D eigenvalue weighted by Gasteiger charge is 2.33. The zero-order chi connectivity index (χ0) is 22.7. The van der Waals surface area contributed by atoms with Gasteiger partial charge in [-0.05, 0) is 18.9 Å². The number of H-pyrrole nitrogens is 1. The summed E-state index contributed by atoms with van der Waals surface area (Å²) < 4.78 is 37.9. The van der Waals surface area contributed by atoms with Gasteiger partial charge in [0, 0.05) is 38.0 Å². The zero-order valence-corrected chi connectivity index (χ0v) is 17.1. The lowest BCUT2D eigenvalue weighted by molar-refractivity contribution is -0.141. The minimum absolute atomic E-state index is 0.0110. The van der Waals surface area contributed by atoms with Gasteiger partial charge in [0.25, 0.3) is 5.56 Å². The number of rotatable bonds is 5. The standard InChI is InChI=1S/C21H21F3N6O2/c22-21(23,24)17-12-26-18(13-25-17)29-8-10-30(11-9-29)19(31)7-3-6-16-14-4-1-2-5-15(14)20(32)28-27-16/h1-2,4-5,12-13H,3,6-11H2,(H,28,32). The number of benzene rings is 1. The Morgan fingerprint density at radius 3 is 2.41 bits per heavy atom. The number of anilines is 1. The SMILES string of the molecule is O=C(CCCc1n[nH]c(=O)c2ccccc12)N1CCN(c2cnc(C(F)(F)F)cn2)CC1. The maximum absolute atomic E-state index is 12.6. The molecule has 1 N–H and O–H groups in total. The van der Waals surface area contributed by atoms with Gasteiger partial charge in [-0.25, -0.2) is 15.1 Å².